The molecule has 0 saturated carbocycles. The molecule has 1 saturated heterocycles. The number of piperazine rings is 1. The van der Waals surface area contributed by atoms with Crippen molar-refractivity contribution in [2.75, 3.05) is 39.8 Å². The van der Waals surface area contributed by atoms with Gasteiger partial charge in [0.05, 0.1) is 12.5 Å². The zero-order chi connectivity index (χ0) is 18.4. The highest BCUT2D eigenvalue weighted by Crippen LogP contribution is 2.09. The summed E-state index contributed by atoms with van der Waals surface area (Å²) in [5.41, 5.74) is 1.24. The van der Waals surface area contributed by atoms with Gasteiger partial charge in [0, 0.05) is 53.0 Å². The van der Waals surface area contributed by atoms with Gasteiger partial charge in [0.15, 0.2) is 11.7 Å². The number of aromatic nitrogens is 2. The molecule has 0 aliphatic carbocycles. The minimum Gasteiger partial charge on any atom is -0.459 e. The molecule has 0 atom stereocenters. The Bertz CT molecular complexity index is 735. The molecule has 0 bridgehead atoms. The second-order valence-electron chi connectivity index (χ2n) is 6.36. The maximum absolute atomic E-state index is 12.3. The van der Waals surface area contributed by atoms with E-state index in [0.29, 0.717) is 18.8 Å². The van der Waals surface area contributed by atoms with E-state index in [2.05, 4.69) is 20.3 Å². The molecule has 0 aromatic carbocycles. The molecule has 1 aliphatic heterocycles. The first-order valence-electron chi connectivity index (χ1n) is 8.93. The van der Waals surface area contributed by atoms with Gasteiger partial charge in [0.25, 0.3) is 5.91 Å². The van der Waals surface area contributed by atoms with Crippen molar-refractivity contribution < 1.29 is 9.21 Å². The number of nitrogens with one attached hydrogen (secondary N) is 1. The van der Waals surface area contributed by atoms with Crippen molar-refractivity contribution in [1.29, 1.82) is 0 Å². The Morgan fingerprint density at radius 2 is 2.04 bits per heavy atom. The van der Waals surface area contributed by atoms with Crippen molar-refractivity contribution in [2.24, 2.45) is 12.0 Å². The Kier molecular flexibility index (Phi) is 8.14. The maximum atomic E-state index is 12.3. The first-order chi connectivity index (χ1) is 12.7. The number of aliphatic imine (C=N–C) groups is 1. The molecule has 1 fully saturated rings. The molecule has 1 amide bonds. The SMILES string of the molecule is CN=C(NCCCc1cnn(C)c1)N1CCN(C(=O)c2ccco2)CC1.I. The van der Waals surface area contributed by atoms with Gasteiger partial charge in [-0.2, -0.15) is 5.10 Å². The lowest BCUT2D eigenvalue weighted by Gasteiger charge is -2.36. The Hall–Kier alpha value is -2.04. The normalized spacial score (nSPS) is 14.8. The maximum Gasteiger partial charge on any atom is 0.289 e. The standard InChI is InChI=1S/C18H26N6O2.HI/c1-19-18(20-7-3-5-15-13-21-22(2)14-15)24-10-8-23(9-11-24)17(25)16-6-4-12-26-16;/h4,6,12-14H,3,5,7-11H2,1-2H3,(H,19,20);1H. The van der Waals surface area contributed by atoms with Crippen molar-refractivity contribution in [3.63, 3.8) is 0 Å². The molecule has 8 nitrogen and oxygen atoms in total. The number of halogens is 1. The lowest BCUT2D eigenvalue weighted by Crippen LogP contribution is -2.53. The third-order valence-corrected chi connectivity index (χ3v) is 4.49. The predicted octanol–water partition coefficient (Wildman–Crippen LogP) is 1.60. The van der Waals surface area contributed by atoms with Gasteiger partial charge in [-0.25, -0.2) is 0 Å². The van der Waals surface area contributed by atoms with Crippen LogP contribution in [0.5, 0.6) is 0 Å². The Morgan fingerprint density at radius 3 is 2.63 bits per heavy atom. The molecule has 0 radical (unpaired) electrons. The van der Waals surface area contributed by atoms with Crippen molar-refractivity contribution in [3.05, 3.63) is 42.1 Å². The number of guanidine groups is 1. The molecule has 2 aromatic rings. The summed E-state index contributed by atoms with van der Waals surface area (Å²) in [5, 5.41) is 7.60. The third kappa shape index (κ3) is 5.72. The van der Waals surface area contributed by atoms with Crippen molar-refractivity contribution in [3.8, 4) is 0 Å². The van der Waals surface area contributed by atoms with Crippen molar-refractivity contribution in [2.45, 2.75) is 12.8 Å². The van der Waals surface area contributed by atoms with Gasteiger partial charge in [0.1, 0.15) is 0 Å². The van der Waals surface area contributed by atoms with Crippen LogP contribution in [0.25, 0.3) is 0 Å². The quantitative estimate of drug-likeness (QED) is 0.301. The number of rotatable bonds is 5. The molecule has 1 aliphatic rings. The molecular formula is C18H27IN6O2. The molecule has 3 rings (SSSR count). The van der Waals surface area contributed by atoms with Crippen LogP contribution in [0, 0.1) is 0 Å². The van der Waals surface area contributed by atoms with E-state index in [1.165, 1.54) is 11.8 Å². The van der Waals surface area contributed by atoms with Gasteiger partial charge in [-0.3, -0.25) is 14.5 Å². The number of hydrogen-bond acceptors (Lipinski definition) is 4. The molecule has 3 heterocycles. The van der Waals surface area contributed by atoms with Crippen LogP contribution >= 0.6 is 24.0 Å². The largest absolute Gasteiger partial charge is 0.459 e. The van der Waals surface area contributed by atoms with E-state index in [9.17, 15) is 4.79 Å². The molecular weight excluding hydrogens is 459 g/mol. The molecule has 0 unspecified atom stereocenters. The summed E-state index contributed by atoms with van der Waals surface area (Å²) in [4.78, 5) is 20.7. The zero-order valence-electron chi connectivity index (χ0n) is 15.8. The number of furan rings is 1. The van der Waals surface area contributed by atoms with Gasteiger partial charge in [0.2, 0.25) is 0 Å². The fraction of sp³-hybridized carbons (Fsp3) is 0.500. The van der Waals surface area contributed by atoms with E-state index in [1.807, 2.05) is 29.0 Å². The Labute approximate surface area is 176 Å². The summed E-state index contributed by atoms with van der Waals surface area (Å²) in [6, 6.07) is 3.44. The number of hydrogen-bond donors (Lipinski definition) is 1. The van der Waals surface area contributed by atoms with Crippen LogP contribution in [0.4, 0.5) is 0 Å². The lowest BCUT2D eigenvalue weighted by atomic mass is 10.2. The number of carbonyl (C=O) groups excluding carboxylic acids is 1. The lowest BCUT2D eigenvalue weighted by molar-refractivity contribution is 0.0658. The molecule has 148 valence electrons. The van der Waals surface area contributed by atoms with Crippen LogP contribution in [-0.2, 0) is 13.5 Å². The van der Waals surface area contributed by atoms with Crippen LogP contribution in [0.15, 0.2) is 40.2 Å². The number of amides is 1. The monoisotopic (exact) mass is 486 g/mol. The minimum atomic E-state index is -0.0472. The minimum absolute atomic E-state index is 0. The summed E-state index contributed by atoms with van der Waals surface area (Å²) in [7, 11) is 3.73. The third-order valence-electron chi connectivity index (χ3n) is 4.49. The number of nitrogens with zero attached hydrogens (tertiary/aromatic N) is 5. The number of carbonyl (C=O) groups is 1. The summed E-state index contributed by atoms with van der Waals surface area (Å²) >= 11 is 0. The molecule has 1 N–H and O–H groups in total. The fourth-order valence-corrected chi connectivity index (χ4v) is 3.10. The smallest absolute Gasteiger partial charge is 0.289 e. The first-order valence-corrected chi connectivity index (χ1v) is 8.93. The predicted molar refractivity (Wildman–Crippen MR) is 114 cm³/mol. The van der Waals surface area contributed by atoms with Gasteiger partial charge >= 0.3 is 0 Å². The van der Waals surface area contributed by atoms with Crippen LogP contribution in [-0.4, -0.2) is 71.2 Å². The summed E-state index contributed by atoms with van der Waals surface area (Å²) in [6.07, 6.45) is 7.49. The average molecular weight is 486 g/mol. The van der Waals surface area contributed by atoms with E-state index >= 15 is 0 Å². The number of aryl methyl sites for hydroxylation is 2. The Morgan fingerprint density at radius 1 is 1.30 bits per heavy atom. The zero-order valence-corrected chi connectivity index (χ0v) is 18.1. The topological polar surface area (TPSA) is 78.9 Å². The van der Waals surface area contributed by atoms with E-state index in [1.54, 1.807) is 19.2 Å². The van der Waals surface area contributed by atoms with Gasteiger partial charge in [-0.15, -0.1) is 24.0 Å². The summed E-state index contributed by atoms with van der Waals surface area (Å²) in [5.74, 6) is 1.24. The molecule has 27 heavy (non-hydrogen) atoms. The van der Waals surface area contributed by atoms with E-state index < -0.39 is 0 Å². The Balaban J connectivity index is 0.00000261. The molecule has 0 spiro atoms. The van der Waals surface area contributed by atoms with Crippen LogP contribution < -0.4 is 5.32 Å². The highest BCUT2D eigenvalue weighted by molar-refractivity contribution is 14.0. The van der Waals surface area contributed by atoms with Crippen LogP contribution in [0.3, 0.4) is 0 Å². The van der Waals surface area contributed by atoms with Gasteiger partial charge in [-0.1, -0.05) is 0 Å². The molecule has 2 aromatic heterocycles. The summed E-state index contributed by atoms with van der Waals surface area (Å²) in [6.45, 7) is 3.70. The van der Waals surface area contributed by atoms with E-state index in [-0.39, 0.29) is 29.9 Å². The molecule has 9 heteroatoms. The van der Waals surface area contributed by atoms with Gasteiger partial charge < -0.3 is 19.5 Å². The van der Waals surface area contributed by atoms with Crippen molar-refractivity contribution in [1.82, 2.24) is 24.9 Å². The van der Waals surface area contributed by atoms with Crippen molar-refractivity contribution >= 4 is 35.8 Å². The second-order valence-corrected chi connectivity index (χ2v) is 6.36. The van der Waals surface area contributed by atoms with E-state index in [4.69, 9.17) is 4.42 Å². The van der Waals surface area contributed by atoms with Gasteiger partial charge in [-0.05, 0) is 30.5 Å². The fourth-order valence-electron chi connectivity index (χ4n) is 3.10. The van der Waals surface area contributed by atoms with Crippen LogP contribution in [0.1, 0.15) is 22.5 Å². The van der Waals surface area contributed by atoms with Crippen LogP contribution in [0.2, 0.25) is 0 Å². The average Bonchev–Trinajstić information content (AvgIpc) is 3.33. The second kappa shape index (κ2) is 10.3. The highest BCUT2D eigenvalue weighted by atomic mass is 127. The highest BCUT2D eigenvalue weighted by Gasteiger charge is 2.24. The first kappa shape index (κ1) is 21.3. The summed E-state index contributed by atoms with van der Waals surface area (Å²) < 4.78 is 7.03. The van der Waals surface area contributed by atoms with E-state index in [0.717, 1.165) is 38.4 Å².